The van der Waals surface area contributed by atoms with Crippen LogP contribution in [0.15, 0.2) is 29.2 Å². The van der Waals surface area contributed by atoms with Crippen LogP contribution in [0.5, 0.6) is 0 Å². The molecule has 1 aromatic carbocycles. The zero-order valence-electron chi connectivity index (χ0n) is 13.4. The minimum atomic E-state index is -3.48. The van der Waals surface area contributed by atoms with Gasteiger partial charge in [0.25, 0.3) is 0 Å². The molecule has 1 rings (SSSR count). The van der Waals surface area contributed by atoms with E-state index >= 15 is 0 Å². The number of carboxylic acids is 1. The number of aryl methyl sites for hydroxylation is 1. The SMILES string of the molecule is CNS(=O)(=O)c1ccc(CCC(=O)N[C@@H](C(=O)O)C(C)C)cc1. The monoisotopic (exact) mass is 342 g/mol. The average Bonchev–Trinajstić information content (AvgIpc) is 2.50. The summed E-state index contributed by atoms with van der Waals surface area (Å²) in [7, 11) is -2.14. The second-order valence-electron chi connectivity index (χ2n) is 5.48. The van der Waals surface area contributed by atoms with E-state index in [-0.39, 0.29) is 23.1 Å². The van der Waals surface area contributed by atoms with Crippen LogP contribution in [-0.2, 0) is 26.0 Å². The number of hydrogen-bond acceptors (Lipinski definition) is 4. The standard InChI is InChI=1S/C15H22N2O5S/c1-10(2)14(15(19)20)17-13(18)9-6-11-4-7-12(8-5-11)23(21,22)16-3/h4-5,7-8,10,14,16H,6,9H2,1-3H3,(H,17,18)(H,19,20)/t14-/m1/s1. The summed E-state index contributed by atoms with van der Waals surface area (Å²) >= 11 is 0. The summed E-state index contributed by atoms with van der Waals surface area (Å²) < 4.78 is 25.4. The zero-order valence-corrected chi connectivity index (χ0v) is 14.2. The van der Waals surface area contributed by atoms with Gasteiger partial charge in [-0.15, -0.1) is 0 Å². The maximum Gasteiger partial charge on any atom is 0.326 e. The number of rotatable bonds is 8. The number of hydrogen-bond donors (Lipinski definition) is 3. The Kier molecular flexibility index (Phi) is 6.71. The summed E-state index contributed by atoms with van der Waals surface area (Å²) in [6, 6.07) is 5.29. The Morgan fingerprint density at radius 1 is 1.17 bits per heavy atom. The molecule has 0 radical (unpaired) electrons. The molecule has 0 aliphatic heterocycles. The van der Waals surface area contributed by atoms with Crippen molar-refractivity contribution in [2.45, 2.75) is 37.6 Å². The molecule has 0 saturated heterocycles. The van der Waals surface area contributed by atoms with Gasteiger partial charge in [0.2, 0.25) is 15.9 Å². The maximum atomic E-state index is 11.8. The molecule has 1 amide bonds. The highest BCUT2D eigenvalue weighted by molar-refractivity contribution is 7.89. The number of amides is 1. The van der Waals surface area contributed by atoms with Crippen LogP contribution in [0.4, 0.5) is 0 Å². The first-order valence-electron chi connectivity index (χ1n) is 7.22. The maximum absolute atomic E-state index is 11.8. The van der Waals surface area contributed by atoms with Gasteiger partial charge in [-0.25, -0.2) is 17.9 Å². The lowest BCUT2D eigenvalue weighted by Crippen LogP contribution is -2.44. The molecule has 23 heavy (non-hydrogen) atoms. The number of aliphatic carboxylic acids is 1. The lowest BCUT2D eigenvalue weighted by atomic mass is 10.0. The number of carbonyl (C=O) groups is 2. The molecule has 0 saturated carbocycles. The van der Waals surface area contributed by atoms with E-state index in [0.717, 1.165) is 5.56 Å². The van der Waals surface area contributed by atoms with Gasteiger partial charge in [0.05, 0.1) is 4.90 Å². The van der Waals surface area contributed by atoms with Gasteiger partial charge in [-0.05, 0) is 37.1 Å². The van der Waals surface area contributed by atoms with Crippen molar-refractivity contribution in [2.24, 2.45) is 5.92 Å². The number of sulfonamides is 1. The predicted octanol–water partition coefficient (Wildman–Crippen LogP) is 0.753. The average molecular weight is 342 g/mol. The minimum absolute atomic E-state index is 0.134. The summed E-state index contributed by atoms with van der Waals surface area (Å²) in [5.41, 5.74) is 0.798. The Morgan fingerprint density at radius 3 is 2.17 bits per heavy atom. The molecule has 0 spiro atoms. The molecule has 128 valence electrons. The van der Waals surface area contributed by atoms with Crippen molar-refractivity contribution in [3.8, 4) is 0 Å². The molecule has 0 aliphatic carbocycles. The fourth-order valence-electron chi connectivity index (χ4n) is 1.97. The number of benzene rings is 1. The molecule has 0 bridgehead atoms. The summed E-state index contributed by atoms with van der Waals surface area (Å²) in [6.07, 6.45) is 0.533. The molecule has 0 fully saturated rings. The van der Waals surface area contributed by atoms with Gasteiger partial charge in [-0.2, -0.15) is 0 Å². The highest BCUT2D eigenvalue weighted by atomic mass is 32.2. The Hall–Kier alpha value is -1.93. The largest absolute Gasteiger partial charge is 0.480 e. The van der Waals surface area contributed by atoms with Crippen LogP contribution in [0.25, 0.3) is 0 Å². The normalized spacial score (nSPS) is 12.9. The van der Waals surface area contributed by atoms with Gasteiger partial charge in [-0.3, -0.25) is 4.79 Å². The summed E-state index contributed by atoms with van der Waals surface area (Å²) in [5, 5.41) is 11.5. The van der Waals surface area contributed by atoms with E-state index in [0.29, 0.717) is 6.42 Å². The van der Waals surface area contributed by atoms with Crippen molar-refractivity contribution in [3.63, 3.8) is 0 Å². The second kappa shape index (κ2) is 8.07. The van der Waals surface area contributed by atoms with E-state index < -0.39 is 22.0 Å². The molecule has 1 aromatic rings. The van der Waals surface area contributed by atoms with Gasteiger partial charge >= 0.3 is 5.97 Å². The van der Waals surface area contributed by atoms with Crippen molar-refractivity contribution >= 4 is 21.9 Å². The number of carbonyl (C=O) groups excluding carboxylic acids is 1. The Morgan fingerprint density at radius 2 is 1.74 bits per heavy atom. The summed E-state index contributed by atoms with van der Waals surface area (Å²) in [6.45, 7) is 3.44. The molecule has 1 atom stereocenters. The van der Waals surface area contributed by atoms with Gasteiger partial charge in [0, 0.05) is 6.42 Å². The Bertz CT molecular complexity index is 653. The molecule has 3 N–H and O–H groups in total. The van der Waals surface area contributed by atoms with Crippen LogP contribution >= 0.6 is 0 Å². The number of carboxylic acid groups (broad SMARTS) is 1. The van der Waals surface area contributed by atoms with Crippen molar-refractivity contribution in [2.75, 3.05) is 7.05 Å². The van der Waals surface area contributed by atoms with E-state index in [1.165, 1.54) is 19.2 Å². The molecule has 0 unspecified atom stereocenters. The van der Waals surface area contributed by atoms with Gasteiger partial charge in [0.1, 0.15) is 6.04 Å². The molecule has 0 aromatic heterocycles. The molecule has 0 aliphatic rings. The third-order valence-electron chi connectivity index (χ3n) is 3.39. The number of nitrogens with one attached hydrogen (secondary N) is 2. The van der Waals surface area contributed by atoms with Gasteiger partial charge < -0.3 is 10.4 Å². The Labute approximate surface area is 136 Å². The first-order chi connectivity index (χ1) is 10.7. The highest BCUT2D eigenvalue weighted by Crippen LogP contribution is 2.11. The molecular formula is C15H22N2O5S. The first kappa shape index (κ1) is 19.1. The van der Waals surface area contributed by atoms with Gasteiger partial charge in [-0.1, -0.05) is 26.0 Å². The van der Waals surface area contributed by atoms with Crippen molar-refractivity contribution < 1.29 is 23.1 Å². The van der Waals surface area contributed by atoms with Crippen molar-refractivity contribution in [1.82, 2.24) is 10.0 Å². The Balaban J connectivity index is 2.62. The topological polar surface area (TPSA) is 113 Å². The minimum Gasteiger partial charge on any atom is -0.480 e. The van der Waals surface area contributed by atoms with Crippen LogP contribution in [0.1, 0.15) is 25.8 Å². The van der Waals surface area contributed by atoms with E-state index in [1.807, 2.05) is 0 Å². The second-order valence-corrected chi connectivity index (χ2v) is 7.37. The first-order valence-corrected chi connectivity index (χ1v) is 8.70. The summed E-state index contributed by atoms with van der Waals surface area (Å²) in [5.74, 6) is -1.62. The van der Waals surface area contributed by atoms with E-state index in [2.05, 4.69) is 10.0 Å². The van der Waals surface area contributed by atoms with Crippen LogP contribution < -0.4 is 10.0 Å². The van der Waals surface area contributed by atoms with E-state index in [9.17, 15) is 18.0 Å². The van der Waals surface area contributed by atoms with Crippen LogP contribution in [0, 0.1) is 5.92 Å². The molecule has 0 heterocycles. The smallest absolute Gasteiger partial charge is 0.326 e. The highest BCUT2D eigenvalue weighted by Gasteiger charge is 2.23. The van der Waals surface area contributed by atoms with Crippen molar-refractivity contribution in [3.05, 3.63) is 29.8 Å². The quantitative estimate of drug-likeness (QED) is 0.645. The zero-order chi connectivity index (χ0) is 17.6. The fraction of sp³-hybridized carbons (Fsp3) is 0.467. The summed E-state index contributed by atoms with van der Waals surface area (Å²) in [4.78, 5) is 23.0. The third-order valence-corrected chi connectivity index (χ3v) is 4.82. The molecule has 8 heteroatoms. The molecule has 7 nitrogen and oxygen atoms in total. The van der Waals surface area contributed by atoms with Crippen LogP contribution in [-0.4, -0.2) is 38.5 Å². The van der Waals surface area contributed by atoms with E-state index in [1.54, 1.807) is 26.0 Å². The van der Waals surface area contributed by atoms with Crippen LogP contribution in [0.2, 0.25) is 0 Å². The van der Waals surface area contributed by atoms with Crippen molar-refractivity contribution in [1.29, 1.82) is 0 Å². The molecular weight excluding hydrogens is 320 g/mol. The lowest BCUT2D eigenvalue weighted by Gasteiger charge is -2.17. The van der Waals surface area contributed by atoms with Gasteiger partial charge in [0.15, 0.2) is 0 Å². The predicted molar refractivity (Wildman–Crippen MR) is 85.4 cm³/mol. The lowest BCUT2D eigenvalue weighted by molar-refractivity contribution is -0.143. The third kappa shape index (κ3) is 5.65. The van der Waals surface area contributed by atoms with Crippen LogP contribution in [0.3, 0.4) is 0 Å². The fourth-order valence-corrected chi connectivity index (χ4v) is 2.70. The van der Waals surface area contributed by atoms with E-state index in [4.69, 9.17) is 5.11 Å².